The number of hydrogen-bond donors (Lipinski definition) is 0. The molecule has 0 saturated carbocycles. The molecule has 24 heavy (non-hydrogen) atoms. The Labute approximate surface area is 142 Å². The number of imide groups is 1. The Morgan fingerprint density at radius 1 is 1.12 bits per heavy atom. The molecule has 4 heteroatoms. The fourth-order valence-electron chi connectivity index (χ4n) is 3.15. The number of cyclic esters (lactones) is 1. The summed E-state index contributed by atoms with van der Waals surface area (Å²) >= 11 is 0. The summed E-state index contributed by atoms with van der Waals surface area (Å²) in [6.07, 6.45) is 0.602. The maximum absolute atomic E-state index is 12.8. The average Bonchev–Trinajstić information content (AvgIpc) is 3.02. The number of hydrogen-bond acceptors (Lipinski definition) is 3. The Balaban J connectivity index is 1.78. The Morgan fingerprint density at radius 3 is 2.38 bits per heavy atom. The van der Waals surface area contributed by atoms with Gasteiger partial charge in [-0.25, -0.2) is 9.69 Å². The molecule has 0 radical (unpaired) electrons. The van der Waals surface area contributed by atoms with Crippen molar-refractivity contribution in [3.05, 3.63) is 71.8 Å². The van der Waals surface area contributed by atoms with Crippen LogP contribution < -0.4 is 0 Å². The van der Waals surface area contributed by atoms with Gasteiger partial charge in [0.25, 0.3) is 0 Å². The summed E-state index contributed by atoms with van der Waals surface area (Å²) in [6, 6.07) is 19.2. The predicted molar refractivity (Wildman–Crippen MR) is 91.5 cm³/mol. The molecule has 1 aliphatic heterocycles. The van der Waals surface area contributed by atoms with Gasteiger partial charge in [0.05, 0.1) is 0 Å². The van der Waals surface area contributed by atoms with E-state index in [1.165, 1.54) is 4.90 Å². The first-order valence-electron chi connectivity index (χ1n) is 8.29. The third-order valence-corrected chi connectivity index (χ3v) is 4.51. The van der Waals surface area contributed by atoms with Crippen molar-refractivity contribution in [1.29, 1.82) is 0 Å². The largest absolute Gasteiger partial charge is 0.446 e. The summed E-state index contributed by atoms with van der Waals surface area (Å²) in [6.45, 7) is 2.28. The molecule has 2 aromatic carbocycles. The molecule has 1 heterocycles. The number of carbonyl (C=O) groups is 2. The number of benzene rings is 2. The molecule has 2 unspecified atom stereocenters. The molecule has 0 aromatic heterocycles. The highest BCUT2D eigenvalue weighted by molar-refractivity contribution is 5.94. The van der Waals surface area contributed by atoms with Crippen LogP contribution in [0.3, 0.4) is 0 Å². The Hall–Kier alpha value is -2.62. The van der Waals surface area contributed by atoms with Crippen LogP contribution in [-0.4, -0.2) is 23.5 Å². The van der Waals surface area contributed by atoms with Crippen molar-refractivity contribution in [2.45, 2.75) is 31.7 Å². The van der Waals surface area contributed by atoms with Gasteiger partial charge in [-0.3, -0.25) is 4.79 Å². The molecule has 2 atom stereocenters. The molecular weight excluding hydrogens is 302 g/mol. The Kier molecular flexibility index (Phi) is 4.94. The quantitative estimate of drug-likeness (QED) is 0.824. The van der Waals surface area contributed by atoms with E-state index in [0.717, 1.165) is 17.5 Å². The van der Waals surface area contributed by atoms with E-state index < -0.39 is 6.09 Å². The highest BCUT2D eigenvalue weighted by Gasteiger charge is 2.39. The zero-order valence-corrected chi connectivity index (χ0v) is 13.7. The summed E-state index contributed by atoms with van der Waals surface area (Å²) in [5.74, 6) is -0.0782. The van der Waals surface area contributed by atoms with Crippen LogP contribution in [0.5, 0.6) is 0 Å². The second-order valence-electron chi connectivity index (χ2n) is 5.99. The van der Waals surface area contributed by atoms with E-state index in [2.05, 4.69) is 6.92 Å². The van der Waals surface area contributed by atoms with E-state index in [1.807, 2.05) is 60.7 Å². The third-order valence-electron chi connectivity index (χ3n) is 4.51. The standard InChI is InChI=1S/C20H21NO3/c1-2-15(16-9-5-3-6-10-16)13-19(22)21-18(14-24-20(21)23)17-11-7-4-8-12-17/h3-12,15,18H,2,13-14H2,1H3. The second-order valence-corrected chi connectivity index (χ2v) is 5.99. The van der Waals surface area contributed by atoms with Crippen LogP contribution >= 0.6 is 0 Å². The van der Waals surface area contributed by atoms with Crippen LogP contribution in [0.4, 0.5) is 4.79 Å². The minimum Gasteiger partial charge on any atom is -0.446 e. The molecule has 3 rings (SSSR count). The van der Waals surface area contributed by atoms with Crippen molar-refractivity contribution in [3.8, 4) is 0 Å². The zero-order valence-electron chi connectivity index (χ0n) is 13.7. The second kappa shape index (κ2) is 7.30. The van der Waals surface area contributed by atoms with Crippen molar-refractivity contribution >= 4 is 12.0 Å². The zero-order chi connectivity index (χ0) is 16.9. The molecule has 1 aliphatic rings. The van der Waals surface area contributed by atoms with E-state index in [0.29, 0.717) is 6.42 Å². The smallest absolute Gasteiger partial charge is 0.417 e. The first-order chi connectivity index (χ1) is 11.7. The lowest BCUT2D eigenvalue weighted by atomic mass is 9.92. The van der Waals surface area contributed by atoms with Gasteiger partial charge in [0, 0.05) is 6.42 Å². The Morgan fingerprint density at radius 2 is 1.75 bits per heavy atom. The fraction of sp³-hybridized carbons (Fsp3) is 0.300. The maximum Gasteiger partial charge on any atom is 0.417 e. The van der Waals surface area contributed by atoms with E-state index in [4.69, 9.17) is 4.74 Å². The van der Waals surface area contributed by atoms with E-state index in [9.17, 15) is 9.59 Å². The normalized spacial score (nSPS) is 18.3. The van der Waals surface area contributed by atoms with Crippen molar-refractivity contribution in [1.82, 2.24) is 4.90 Å². The molecule has 4 nitrogen and oxygen atoms in total. The van der Waals surface area contributed by atoms with Gasteiger partial charge in [0.2, 0.25) is 5.91 Å². The van der Waals surface area contributed by atoms with Crippen LogP contribution in [0.15, 0.2) is 60.7 Å². The van der Waals surface area contributed by atoms with Gasteiger partial charge in [-0.05, 0) is 23.5 Å². The Bertz CT molecular complexity index is 699. The topological polar surface area (TPSA) is 46.6 Å². The summed E-state index contributed by atoms with van der Waals surface area (Å²) in [5.41, 5.74) is 2.04. The summed E-state index contributed by atoms with van der Waals surface area (Å²) in [7, 11) is 0. The molecule has 1 fully saturated rings. The van der Waals surface area contributed by atoms with Crippen molar-refractivity contribution in [2.24, 2.45) is 0 Å². The number of rotatable bonds is 5. The van der Waals surface area contributed by atoms with Crippen LogP contribution in [0.25, 0.3) is 0 Å². The highest BCUT2D eigenvalue weighted by Crippen LogP contribution is 2.31. The monoisotopic (exact) mass is 323 g/mol. The SMILES string of the molecule is CCC(CC(=O)N1C(=O)OCC1c1ccccc1)c1ccccc1. The van der Waals surface area contributed by atoms with Gasteiger partial charge in [0.1, 0.15) is 12.6 Å². The number of ether oxygens (including phenoxy) is 1. The molecular formula is C20H21NO3. The molecule has 0 aliphatic carbocycles. The lowest BCUT2D eigenvalue weighted by Crippen LogP contribution is -2.35. The van der Waals surface area contributed by atoms with E-state index >= 15 is 0 Å². The molecule has 124 valence electrons. The summed E-state index contributed by atoms with van der Waals surface area (Å²) in [5, 5.41) is 0. The predicted octanol–water partition coefficient (Wildman–Crippen LogP) is 4.29. The van der Waals surface area contributed by atoms with Crippen LogP contribution in [0.2, 0.25) is 0 Å². The van der Waals surface area contributed by atoms with Gasteiger partial charge >= 0.3 is 6.09 Å². The van der Waals surface area contributed by atoms with E-state index in [1.54, 1.807) is 0 Å². The van der Waals surface area contributed by atoms with Crippen molar-refractivity contribution in [3.63, 3.8) is 0 Å². The first kappa shape index (κ1) is 16.2. The molecule has 0 spiro atoms. The first-order valence-corrected chi connectivity index (χ1v) is 8.29. The molecule has 0 N–H and O–H groups in total. The van der Waals surface area contributed by atoms with Crippen LogP contribution in [-0.2, 0) is 9.53 Å². The van der Waals surface area contributed by atoms with Gasteiger partial charge in [0.15, 0.2) is 0 Å². The molecule has 2 aromatic rings. The number of amides is 2. The fourth-order valence-corrected chi connectivity index (χ4v) is 3.15. The summed E-state index contributed by atoms with van der Waals surface area (Å²) in [4.78, 5) is 26.2. The molecule has 1 saturated heterocycles. The van der Waals surface area contributed by atoms with Crippen molar-refractivity contribution < 1.29 is 14.3 Å². The summed E-state index contributed by atoms with van der Waals surface area (Å²) < 4.78 is 5.14. The van der Waals surface area contributed by atoms with Gasteiger partial charge < -0.3 is 4.74 Å². The third kappa shape index (κ3) is 3.32. The van der Waals surface area contributed by atoms with Crippen LogP contribution in [0, 0.1) is 0 Å². The number of nitrogens with zero attached hydrogens (tertiary/aromatic N) is 1. The van der Waals surface area contributed by atoms with Gasteiger partial charge in [-0.2, -0.15) is 0 Å². The van der Waals surface area contributed by atoms with E-state index in [-0.39, 0.29) is 24.5 Å². The molecule has 2 amide bonds. The van der Waals surface area contributed by atoms with Crippen LogP contribution in [0.1, 0.15) is 42.9 Å². The van der Waals surface area contributed by atoms with Crippen molar-refractivity contribution in [2.75, 3.05) is 6.61 Å². The maximum atomic E-state index is 12.8. The number of carbonyl (C=O) groups excluding carboxylic acids is 2. The minimum absolute atomic E-state index is 0.100. The van der Waals surface area contributed by atoms with Gasteiger partial charge in [-0.15, -0.1) is 0 Å². The van der Waals surface area contributed by atoms with Gasteiger partial charge in [-0.1, -0.05) is 67.6 Å². The average molecular weight is 323 g/mol. The minimum atomic E-state index is -0.545. The highest BCUT2D eigenvalue weighted by atomic mass is 16.6. The molecule has 0 bridgehead atoms. The lowest BCUT2D eigenvalue weighted by Gasteiger charge is -2.22. The lowest BCUT2D eigenvalue weighted by molar-refractivity contribution is -0.129.